The first-order valence-corrected chi connectivity index (χ1v) is 11.9. The fourth-order valence-electron chi connectivity index (χ4n) is 4.22. The van der Waals surface area contributed by atoms with E-state index in [9.17, 15) is 14.0 Å². The summed E-state index contributed by atoms with van der Waals surface area (Å²) in [6.45, 7) is 6.91. The predicted octanol–water partition coefficient (Wildman–Crippen LogP) is 3.79. The molecule has 0 spiro atoms. The summed E-state index contributed by atoms with van der Waals surface area (Å²) in [5, 5.41) is 8.62. The minimum Gasteiger partial charge on any atom is -0.352 e. The molecule has 2 amide bonds. The molecule has 8 heteroatoms. The number of rotatable bonds is 7. The molecule has 1 aliphatic rings. The normalized spacial score (nSPS) is 13.6. The summed E-state index contributed by atoms with van der Waals surface area (Å²) < 4.78 is 13.1. The SMILES string of the molecule is CCCN(CC(=O)N1CCN(c2ccc(-c3ccc(F)cc3)nn2)CC1)C(=O)c1ccccc1C. The van der Waals surface area contributed by atoms with Crippen LogP contribution in [0.1, 0.15) is 29.3 Å². The maximum Gasteiger partial charge on any atom is 0.254 e. The minimum atomic E-state index is -0.289. The van der Waals surface area contributed by atoms with Crippen LogP contribution in [0.3, 0.4) is 0 Å². The molecule has 1 saturated heterocycles. The summed E-state index contributed by atoms with van der Waals surface area (Å²) in [5.74, 6) is 0.305. The number of aromatic nitrogens is 2. The van der Waals surface area contributed by atoms with Crippen molar-refractivity contribution < 1.29 is 14.0 Å². The van der Waals surface area contributed by atoms with Crippen molar-refractivity contribution in [2.75, 3.05) is 44.2 Å². The van der Waals surface area contributed by atoms with Gasteiger partial charge >= 0.3 is 0 Å². The summed E-state index contributed by atoms with van der Waals surface area (Å²) >= 11 is 0. The lowest BCUT2D eigenvalue weighted by Crippen LogP contribution is -2.52. The first-order valence-electron chi connectivity index (χ1n) is 11.9. The molecular formula is C27H30FN5O2. The van der Waals surface area contributed by atoms with Crippen molar-refractivity contribution in [2.24, 2.45) is 0 Å². The van der Waals surface area contributed by atoms with Gasteiger partial charge in [-0.1, -0.05) is 25.1 Å². The van der Waals surface area contributed by atoms with Crippen LogP contribution in [0.25, 0.3) is 11.3 Å². The second kappa shape index (κ2) is 11.1. The van der Waals surface area contributed by atoms with Crippen molar-refractivity contribution in [2.45, 2.75) is 20.3 Å². The first kappa shape index (κ1) is 24.3. The van der Waals surface area contributed by atoms with E-state index in [1.54, 1.807) is 17.0 Å². The van der Waals surface area contributed by atoms with Crippen LogP contribution in [0.2, 0.25) is 0 Å². The number of anilines is 1. The number of amides is 2. The molecule has 2 aromatic carbocycles. The van der Waals surface area contributed by atoms with Crippen molar-refractivity contribution >= 4 is 17.6 Å². The zero-order valence-electron chi connectivity index (χ0n) is 20.2. The number of hydrogen-bond acceptors (Lipinski definition) is 5. The number of piperazine rings is 1. The molecule has 0 bridgehead atoms. The maximum absolute atomic E-state index is 13.1. The zero-order valence-corrected chi connectivity index (χ0v) is 20.2. The lowest BCUT2D eigenvalue weighted by Gasteiger charge is -2.36. The Bertz CT molecular complexity index is 1160. The molecule has 4 rings (SSSR count). The Balaban J connectivity index is 1.34. The molecule has 0 saturated carbocycles. The van der Waals surface area contributed by atoms with Gasteiger partial charge in [0.15, 0.2) is 5.82 Å². The molecule has 1 fully saturated rings. The Hall–Kier alpha value is -3.81. The standard InChI is InChI=1S/C27H30FN5O2/c1-3-14-33(27(35)23-7-5-4-6-20(23)2)19-26(34)32-17-15-31(16-18-32)25-13-12-24(29-30-25)21-8-10-22(28)11-9-21/h4-13H,3,14-19H2,1-2H3. The maximum atomic E-state index is 13.1. The van der Waals surface area contributed by atoms with E-state index in [1.807, 2.05) is 55.1 Å². The van der Waals surface area contributed by atoms with E-state index in [-0.39, 0.29) is 24.2 Å². The molecule has 0 unspecified atom stereocenters. The third-order valence-corrected chi connectivity index (χ3v) is 6.23. The van der Waals surface area contributed by atoms with Crippen molar-refractivity contribution in [1.29, 1.82) is 0 Å². The van der Waals surface area contributed by atoms with Gasteiger partial charge in [-0.2, -0.15) is 0 Å². The van der Waals surface area contributed by atoms with E-state index in [2.05, 4.69) is 15.1 Å². The molecule has 182 valence electrons. The van der Waals surface area contributed by atoms with Crippen LogP contribution in [0, 0.1) is 12.7 Å². The number of benzene rings is 2. The topological polar surface area (TPSA) is 69.6 Å². The van der Waals surface area contributed by atoms with Crippen LogP contribution in [0.15, 0.2) is 60.7 Å². The molecule has 7 nitrogen and oxygen atoms in total. The lowest BCUT2D eigenvalue weighted by molar-refractivity contribution is -0.132. The molecule has 1 aromatic heterocycles. The molecule has 1 aliphatic heterocycles. The second-order valence-corrected chi connectivity index (χ2v) is 8.69. The van der Waals surface area contributed by atoms with Crippen LogP contribution in [0.4, 0.5) is 10.2 Å². The second-order valence-electron chi connectivity index (χ2n) is 8.69. The summed E-state index contributed by atoms with van der Waals surface area (Å²) in [6.07, 6.45) is 0.783. The van der Waals surface area contributed by atoms with Crippen molar-refractivity contribution in [3.63, 3.8) is 0 Å². The zero-order chi connectivity index (χ0) is 24.8. The monoisotopic (exact) mass is 475 g/mol. The van der Waals surface area contributed by atoms with E-state index in [0.29, 0.717) is 44.0 Å². The van der Waals surface area contributed by atoms with Crippen molar-refractivity contribution in [1.82, 2.24) is 20.0 Å². The summed E-state index contributed by atoms with van der Waals surface area (Å²) in [6, 6.07) is 17.4. The number of carbonyl (C=O) groups is 2. The van der Waals surface area contributed by atoms with Gasteiger partial charge < -0.3 is 14.7 Å². The van der Waals surface area contributed by atoms with E-state index in [1.165, 1.54) is 12.1 Å². The minimum absolute atomic E-state index is 0.0437. The van der Waals surface area contributed by atoms with Gasteiger partial charge in [0.1, 0.15) is 12.4 Å². The summed E-state index contributed by atoms with van der Waals surface area (Å²) in [4.78, 5) is 31.7. The first-order chi connectivity index (χ1) is 17.0. The number of hydrogen-bond donors (Lipinski definition) is 0. The van der Waals surface area contributed by atoms with Gasteiger partial charge in [-0.15, -0.1) is 10.2 Å². The lowest BCUT2D eigenvalue weighted by atomic mass is 10.1. The molecule has 0 aliphatic carbocycles. The molecular weight excluding hydrogens is 445 g/mol. The van der Waals surface area contributed by atoms with Crippen molar-refractivity contribution in [3.05, 3.63) is 77.6 Å². The molecule has 2 heterocycles. The van der Waals surface area contributed by atoms with Gasteiger partial charge in [0.25, 0.3) is 5.91 Å². The summed E-state index contributed by atoms with van der Waals surface area (Å²) in [7, 11) is 0. The fourth-order valence-corrected chi connectivity index (χ4v) is 4.22. The van der Waals surface area contributed by atoms with E-state index < -0.39 is 0 Å². The average Bonchev–Trinajstić information content (AvgIpc) is 2.89. The number of nitrogens with zero attached hydrogens (tertiary/aromatic N) is 5. The van der Waals surface area contributed by atoms with Crippen LogP contribution >= 0.6 is 0 Å². The van der Waals surface area contributed by atoms with Gasteiger partial charge in [-0.3, -0.25) is 9.59 Å². The van der Waals surface area contributed by atoms with E-state index in [0.717, 1.165) is 23.4 Å². The van der Waals surface area contributed by atoms with Gasteiger partial charge in [-0.25, -0.2) is 4.39 Å². The summed E-state index contributed by atoms with van der Waals surface area (Å²) in [5.41, 5.74) is 3.03. The third kappa shape index (κ3) is 5.82. The van der Waals surface area contributed by atoms with Gasteiger partial charge in [0, 0.05) is 43.9 Å². The smallest absolute Gasteiger partial charge is 0.254 e. The van der Waals surface area contributed by atoms with Crippen LogP contribution in [-0.2, 0) is 4.79 Å². The van der Waals surface area contributed by atoms with Crippen LogP contribution in [-0.4, -0.2) is 71.1 Å². The van der Waals surface area contributed by atoms with Gasteiger partial charge in [0.05, 0.1) is 5.69 Å². The quantitative estimate of drug-likeness (QED) is 0.520. The number of halogens is 1. The highest BCUT2D eigenvalue weighted by Crippen LogP contribution is 2.20. The van der Waals surface area contributed by atoms with Gasteiger partial charge in [-0.05, 0) is 61.4 Å². The number of carbonyl (C=O) groups excluding carboxylic acids is 2. The van der Waals surface area contributed by atoms with Gasteiger partial charge in [0.2, 0.25) is 5.91 Å². The van der Waals surface area contributed by atoms with Crippen LogP contribution < -0.4 is 4.90 Å². The highest BCUT2D eigenvalue weighted by Gasteiger charge is 2.26. The van der Waals surface area contributed by atoms with Crippen LogP contribution in [0.5, 0.6) is 0 Å². The molecule has 0 N–H and O–H groups in total. The Morgan fingerprint density at radius 1 is 0.943 bits per heavy atom. The number of aryl methyl sites for hydroxylation is 1. The Labute approximate surface area is 205 Å². The van der Waals surface area contributed by atoms with E-state index >= 15 is 0 Å². The Morgan fingerprint density at radius 3 is 2.29 bits per heavy atom. The third-order valence-electron chi connectivity index (χ3n) is 6.23. The molecule has 0 atom stereocenters. The highest BCUT2D eigenvalue weighted by atomic mass is 19.1. The Morgan fingerprint density at radius 2 is 1.66 bits per heavy atom. The fraction of sp³-hybridized carbons (Fsp3) is 0.333. The predicted molar refractivity (Wildman–Crippen MR) is 134 cm³/mol. The largest absolute Gasteiger partial charge is 0.352 e. The molecule has 35 heavy (non-hydrogen) atoms. The molecule has 0 radical (unpaired) electrons. The Kier molecular flexibility index (Phi) is 7.70. The van der Waals surface area contributed by atoms with E-state index in [4.69, 9.17) is 0 Å². The van der Waals surface area contributed by atoms with Crippen molar-refractivity contribution in [3.8, 4) is 11.3 Å². The highest BCUT2D eigenvalue weighted by molar-refractivity contribution is 5.97. The molecule has 3 aromatic rings. The average molecular weight is 476 g/mol.